The summed E-state index contributed by atoms with van der Waals surface area (Å²) in [6, 6.07) is 6.25. The minimum atomic E-state index is -0.395. The Kier molecular flexibility index (Phi) is 5.00. The molecule has 7 heteroatoms. The van der Waals surface area contributed by atoms with Gasteiger partial charge in [0.1, 0.15) is 17.5 Å². The number of nitrogens with one attached hydrogen (secondary N) is 1. The second kappa shape index (κ2) is 7.35. The first kappa shape index (κ1) is 16.3. The summed E-state index contributed by atoms with van der Waals surface area (Å²) in [7, 11) is 0. The van der Waals surface area contributed by atoms with Crippen LogP contribution in [0.1, 0.15) is 21.7 Å². The maximum absolute atomic E-state index is 13.5. The Labute approximate surface area is 139 Å². The van der Waals surface area contributed by atoms with Crippen LogP contribution in [0.25, 0.3) is 0 Å². The first-order valence-electron chi connectivity index (χ1n) is 7.82. The molecular formula is C17H19FN4O2. The molecule has 0 aliphatic carbocycles. The van der Waals surface area contributed by atoms with Gasteiger partial charge in [-0.15, -0.1) is 0 Å². The van der Waals surface area contributed by atoms with Gasteiger partial charge in [0.2, 0.25) is 0 Å². The van der Waals surface area contributed by atoms with Crippen molar-refractivity contribution in [1.29, 1.82) is 0 Å². The number of aromatic nitrogens is 2. The third kappa shape index (κ3) is 3.86. The summed E-state index contributed by atoms with van der Waals surface area (Å²) >= 11 is 0. The largest absolute Gasteiger partial charge is 0.378 e. The van der Waals surface area contributed by atoms with Crippen LogP contribution < -0.4 is 10.2 Å². The van der Waals surface area contributed by atoms with E-state index in [-0.39, 0.29) is 18.0 Å². The van der Waals surface area contributed by atoms with Crippen molar-refractivity contribution in [2.24, 2.45) is 0 Å². The highest BCUT2D eigenvalue weighted by Gasteiger charge is 2.14. The van der Waals surface area contributed by atoms with Gasteiger partial charge in [-0.1, -0.05) is 6.07 Å². The monoisotopic (exact) mass is 330 g/mol. The molecular weight excluding hydrogens is 311 g/mol. The van der Waals surface area contributed by atoms with Crippen molar-refractivity contribution in [3.05, 3.63) is 53.2 Å². The van der Waals surface area contributed by atoms with Gasteiger partial charge in [0.15, 0.2) is 0 Å². The number of morpholine rings is 1. The fraction of sp³-hybridized carbons (Fsp3) is 0.353. The van der Waals surface area contributed by atoms with Gasteiger partial charge in [-0.2, -0.15) is 0 Å². The lowest BCUT2D eigenvalue weighted by molar-refractivity contribution is 0.0949. The van der Waals surface area contributed by atoms with Crippen molar-refractivity contribution in [2.75, 3.05) is 31.2 Å². The molecule has 24 heavy (non-hydrogen) atoms. The molecule has 6 nitrogen and oxygen atoms in total. The zero-order valence-corrected chi connectivity index (χ0v) is 13.5. The van der Waals surface area contributed by atoms with Gasteiger partial charge in [-0.05, 0) is 30.7 Å². The van der Waals surface area contributed by atoms with E-state index in [0.29, 0.717) is 24.6 Å². The Morgan fingerprint density at radius 3 is 2.88 bits per heavy atom. The molecule has 1 aromatic heterocycles. The molecule has 1 fully saturated rings. The smallest absolute Gasteiger partial charge is 0.251 e. The van der Waals surface area contributed by atoms with Crippen molar-refractivity contribution in [1.82, 2.24) is 15.3 Å². The van der Waals surface area contributed by atoms with Crippen LogP contribution in [-0.4, -0.2) is 42.2 Å². The second-order valence-electron chi connectivity index (χ2n) is 5.58. The number of amides is 1. The van der Waals surface area contributed by atoms with E-state index in [0.717, 1.165) is 18.9 Å². The normalized spacial score (nSPS) is 14.5. The van der Waals surface area contributed by atoms with Crippen molar-refractivity contribution in [2.45, 2.75) is 13.5 Å². The summed E-state index contributed by atoms with van der Waals surface area (Å²) in [5.74, 6) is 0.585. The Bertz CT molecular complexity index is 732. The molecule has 0 spiro atoms. The SMILES string of the molecule is Cc1ccc(C(=O)NCc2nccc(N3CCOCC3)n2)cc1F. The Morgan fingerprint density at radius 2 is 2.12 bits per heavy atom. The highest BCUT2D eigenvalue weighted by molar-refractivity contribution is 5.94. The van der Waals surface area contributed by atoms with Gasteiger partial charge in [0, 0.05) is 24.8 Å². The number of hydrogen-bond donors (Lipinski definition) is 1. The van der Waals surface area contributed by atoms with E-state index in [1.165, 1.54) is 6.07 Å². The predicted octanol–water partition coefficient (Wildman–Crippen LogP) is 1.69. The predicted molar refractivity (Wildman–Crippen MR) is 87.4 cm³/mol. The third-order valence-corrected chi connectivity index (χ3v) is 3.87. The summed E-state index contributed by atoms with van der Waals surface area (Å²) in [4.78, 5) is 22.9. The molecule has 1 saturated heterocycles. The van der Waals surface area contributed by atoms with Crippen LogP contribution in [0.5, 0.6) is 0 Å². The molecule has 126 valence electrons. The molecule has 2 aromatic rings. The number of anilines is 1. The van der Waals surface area contributed by atoms with E-state index in [1.54, 1.807) is 25.3 Å². The highest BCUT2D eigenvalue weighted by Crippen LogP contribution is 2.12. The van der Waals surface area contributed by atoms with Gasteiger partial charge >= 0.3 is 0 Å². The number of hydrogen-bond acceptors (Lipinski definition) is 5. The minimum absolute atomic E-state index is 0.187. The highest BCUT2D eigenvalue weighted by atomic mass is 19.1. The second-order valence-corrected chi connectivity index (χ2v) is 5.58. The first-order valence-corrected chi connectivity index (χ1v) is 7.82. The van der Waals surface area contributed by atoms with E-state index in [9.17, 15) is 9.18 Å². The van der Waals surface area contributed by atoms with Gasteiger partial charge in [-0.3, -0.25) is 4.79 Å². The van der Waals surface area contributed by atoms with Crippen LogP contribution in [0.3, 0.4) is 0 Å². The standard InChI is InChI=1S/C17H19FN4O2/c1-12-2-3-13(10-14(12)18)17(23)20-11-15-19-5-4-16(21-15)22-6-8-24-9-7-22/h2-5,10H,6-9,11H2,1H3,(H,20,23). The van der Waals surface area contributed by atoms with Crippen LogP contribution >= 0.6 is 0 Å². The van der Waals surface area contributed by atoms with E-state index < -0.39 is 5.82 Å². The molecule has 0 saturated carbocycles. The lowest BCUT2D eigenvalue weighted by Gasteiger charge is -2.27. The van der Waals surface area contributed by atoms with Gasteiger partial charge in [-0.25, -0.2) is 14.4 Å². The number of aryl methyl sites for hydroxylation is 1. The molecule has 1 aliphatic heterocycles. The quantitative estimate of drug-likeness (QED) is 0.924. The first-order chi connectivity index (χ1) is 11.6. The van der Waals surface area contributed by atoms with E-state index >= 15 is 0 Å². The van der Waals surface area contributed by atoms with Crippen LogP contribution in [0, 0.1) is 12.7 Å². The Hall–Kier alpha value is -2.54. The zero-order valence-electron chi connectivity index (χ0n) is 13.5. The fourth-order valence-corrected chi connectivity index (χ4v) is 2.44. The molecule has 1 amide bonds. The number of benzene rings is 1. The van der Waals surface area contributed by atoms with Crippen LogP contribution in [-0.2, 0) is 11.3 Å². The third-order valence-electron chi connectivity index (χ3n) is 3.87. The maximum atomic E-state index is 13.5. The van der Waals surface area contributed by atoms with Crippen LogP contribution in [0.4, 0.5) is 10.2 Å². The summed E-state index contributed by atoms with van der Waals surface area (Å²) in [6.45, 7) is 4.76. The van der Waals surface area contributed by atoms with Gasteiger partial charge in [0.25, 0.3) is 5.91 Å². The van der Waals surface area contributed by atoms with Crippen LogP contribution in [0.2, 0.25) is 0 Å². The molecule has 1 aliphatic rings. The molecule has 0 bridgehead atoms. The Morgan fingerprint density at radius 1 is 1.33 bits per heavy atom. The number of nitrogens with zero attached hydrogens (tertiary/aromatic N) is 3. The number of carbonyl (C=O) groups is 1. The summed E-state index contributed by atoms with van der Waals surface area (Å²) in [6.07, 6.45) is 1.67. The average molecular weight is 330 g/mol. The van der Waals surface area contributed by atoms with E-state index in [1.807, 2.05) is 6.07 Å². The minimum Gasteiger partial charge on any atom is -0.378 e. The molecule has 0 radical (unpaired) electrons. The average Bonchev–Trinajstić information content (AvgIpc) is 2.63. The molecule has 2 heterocycles. The summed E-state index contributed by atoms with van der Waals surface area (Å²) in [5, 5.41) is 2.72. The summed E-state index contributed by atoms with van der Waals surface area (Å²) < 4.78 is 18.9. The lowest BCUT2D eigenvalue weighted by atomic mass is 10.1. The van der Waals surface area contributed by atoms with Crippen molar-refractivity contribution >= 4 is 11.7 Å². The van der Waals surface area contributed by atoms with Crippen LogP contribution in [0.15, 0.2) is 30.5 Å². The molecule has 0 atom stereocenters. The number of carbonyl (C=O) groups excluding carboxylic acids is 1. The number of halogens is 1. The molecule has 1 aromatic carbocycles. The maximum Gasteiger partial charge on any atom is 0.251 e. The molecule has 1 N–H and O–H groups in total. The van der Waals surface area contributed by atoms with Gasteiger partial charge < -0.3 is 15.0 Å². The Balaban J connectivity index is 1.63. The number of ether oxygens (including phenoxy) is 1. The topological polar surface area (TPSA) is 67.4 Å². The zero-order chi connectivity index (χ0) is 16.9. The van der Waals surface area contributed by atoms with Crippen molar-refractivity contribution in [3.63, 3.8) is 0 Å². The lowest BCUT2D eigenvalue weighted by Crippen LogP contribution is -2.37. The summed E-state index contributed by atoms with van der Waals surface area (Å²) in [5.41, 5.74) is 0.788. The van der Waals surface area contributed by atoms with Crippen molar-refractivity contribution in [3.8, 4) is 0 Å². The fourth-order valence-electron chi connectivity index (χ4n) is 2.44. The molecule has 3 rings (SSSR count). The number of rotatable bonds is 4. The van der Waals surface area contributed by atoms with E-state index in [4.69, 9.17) is 4.74 Å². The van der Waals surface area contributed by atoms with Crippen molar-refractivity contribution < 1.29 is 13.9 Å². The van der Waals surface area contributed by atoms with Gasteiger partial charge in [0.05, 0.1) is 19.8 Å². The van der Waals surface area contributed by atoms with E-state index in [2.05, 4.69) is 20.2 Å². The molecule has 0 unspecified atom stereocenters.